The molecule has 0 amide bonds. The van der Waals surface area contributed by atoms with Crippen molar-refractivity contribution in [2.45, 2.75) is 50.7 Å². The number of aliphatic hydroxyl groups is 1. The van der Waals surface area contributed by atoms with Crippen LogP contribution in [0.4, 0.5) is 0 Å². The van der Waals surface area contributed by atoms with Gasteiger partial charge in [-0.2, -0.15) is 0 Å². The Morgan fingerprint density at radius 1 is 1.29 bits per heavy atom. The zero-order chi connectivity index (χ0) is 15.6. The van der Waals surface area contributed by atoms with Crippen molar-refractivity contribution in [2.24, 2.45) is 11.8 Å². The van der Waals surface area contributed by atoms with Crippen LogP contribution >= 0.6 is 11.6 Å². The summed E-state index contributed by atoms with van der Waals surface area (Å²) in [7, 11) is -3.57. The molecule has 0 heterocycles. The van der Waals surface area contributed by atoms with Crippen LogP contribution in [-0.4, -0.2) is 19.6 Å². The molecule has 1 aliphatic rings. The normalized spacial score (nSPS) is 26.8. The number of benzene rings is 1. The van der Waals surface area contributed by atoms with Crippen molar-refractivity contribution in [3.05, 3.63) is 28.8 Å². The molecule has 2 rings (SSSR count). The summed E-state index contributed by atoms with van der Waals surface area (Å²) in [5.41, 5.74) is 0.421. The number of nitrogens with one attached hydrogen (secondary N) is 1. The number of sulfonamides is 1. The first-order valence-corrected chi connectivity index (χ1v) is 9.11. The minimum Gasteiger partial charge on any atom is -0.392 e. The first kappa shape index (κ1) is 16.7. The largest absolute Gasteiger partial charge is 0.392 e. The van der Waals surface area contributed by atoms with Crippen LogP contribution in [0, 0.1) is 11.8 Å². The van der Waals surface area contributed by atoms with Crippen LogP contribution in [0.3, 0.4) is 0 Å². The lowest BCUT2D eigenvalue weighted by molar-refractivity contribution is 0.242. The molecule has 3 atom stereocenters. The highest BCUT2D eigenvalue weighted by Crippen LogP contribution is 2.30. The number of hydrogen-bond acceptors (Lipinski definition) is 3. The van der Waals surface area contributed by atoms with Gasteiger partial charge in [0.1, 0.15) is 0 Å². The van der Waals surface area contributed by atoms with E-state index >= 15 is 0 Å². The summed E-state index contributed by atoms with van der Waals surface area (Å²) in [6, 6.07) is 4.39. The van der Waals surface area contributed by atoms with Gasteiger partial charge in [0.2, 0.25) is 10.0 Å². The minimum atomic E-state index is -3.57. The molecule has 1 fully saturated rings. The smallest absolute Gasteiger partial charge is 0.240 e. The monoisotopic (exact) mass is 331 g/mol. The lowest BCUT2D eigenvalue weighted by atomic mass is 9.79. The number of aliphatic hydroxyl groups excluding tert-OH is 1. The van der Waals surface area contributed by atoms with Crippen LogP contribution in [0.15, 0.2) is 23.1 Å². The fraction of sp³-hybridized carbons (Fsp3) is 0.600. The summed E-state index contributed by atoms with van der Waals surface area (Å²) >= 11 is 5.90. The summed E-state index contributed by atoms with van der Waals surface area (Å²) in [4.78, 5) is 0.155. The molecule has 1 aliphatic carbocycles. The summed E-state index contributed by atoms with van der Waals surface area (Å²) in [6.07, 6.45) is 2.77. The van der Waals surface area contributed by atoms with E-state index in [9.17, 15) is 13.5 Å². The van der Waals surface area contributed by atoms with Gasteiger partial charge in [0.25, 0.3) is 0 Å². The fourth-order valence-corrected chi connectivity index (χ4v) is 4.29. The van der Waals surface area contributed by atoms with Gasteiger partial charge in [-0.05, 0) is 54.9 Å². The van der Waals surface area contributed by atoms with Gasteiger partial charge in [-0.1, -0.05) is 25.4 Å². The Morgan fingerprint density at radius 3 is 2.62 bits per heavy atom. The molecule has 0 spiro atoms. The summed E-state index contributed by atoms with van der Waals surface area (Å²) in [5.74, 6) is 1.16. The van der Waals surface area contributed by atoms with Crippen molar-refractivity contribution in [3.8, 4) is 0 Å². The molecule has 0 bridgehead atoms. The maximum absolute atomic E-state index is 12.4. The predicted octanol–water partition coefficient (Wildman–Crippen LogP) is 2.94. The van der Waals surface area contributed by atoms with E-state index in [1.54, 1.807) is 0 Å². The van der Waals surface area contributed by atoms with E-state index in [1.165, 1.54) is 18.2 Å². The van der Waals surface area contributed by atoms with Crippen LogP contribution in [0.1, 0.15) is 38.7 Å². The summed E-state index contributed by atoms with van der Waals surface area (Å²) < 4.78 is 27.6. The van der Waals surface area contributed by atoms with E-state index in [1.807, 2.05) is 0 Å². The van der Waals surface area contributed by atoms with Crippen molar-refractivity contribution in [1.29, 1.82) is 0 Å². The molecule has 0 aromatic heterocycles. The van der Waals surface area contributed by atoms with E-state index in [0.29, 0.717) is 22.4 Å². The van der Waals surface area contributed by atoms with Crippen LogP contribution in [0.5, 0.6) is 0 Å². The van der Waals surface area contributed by atoms with Gasteiger partial charge < -0.3 is 5.11 Å². The standard InChI is InChI=1S/C15H22ClNO3S/c1-10-3-4-13(7-11(10)2)17-21(19,20)14-5-6-15(16)12(8-14)9-18/h5-6,8,10-11,13,17-18H,3-4,7,9H2,1-2H3. The number of rotatable bonds is 4. The van der Waals surface area contributed by atoms with Gasteiger partial charge in [-0.25, -0.2) is 13.1 Å². The van der Waals surface area contributed by atoms with Crippen molar-refractivity contribution in [3.63, 3.8) is 0 Å². The molecular formula is C15H22ClNO3S. The zero-order valence-electron chi connectivity index (χ0n) is 12.3. The van der Waals surface area contributed by atoms with Crippen LogP contribution in [0.25, 0.3) is 0 Å². The molecule has 0 radical (unpaired) electrons. The second kappa shape index (κ2) is 6.65. The molecule has 1 saturated carbocycles. The van der Waals surface area contributed by atoms with E-state index < -0.39 is 10.0 Å². The Bertz CT molecular complexity index is 603. The second-order valence-electron chi connectivity index (χ2n) is 6.00. The van der Waals surface area contributed by atoms with Crippen molar-refractivity contribution in [2.75, 3.05) is 0 Å². The van der Waals surface area contributed by atoms with Crippen LogP contribution in [-0.2, 0) is 16.6 Å². The molecule has 2 N–H and O–H groups in total. The van der Waals surface area contributed by atoms with E-state index in [0.717, 1.165) is 19.3 Å². The third-order valence-electron chi connectivity index (χ3n) is 4.42. The molecular weight excluding hydrogens is 310 g/mol. The highest BCUT2D eigenvalue weighted by Gasteiger charge is 2.28. The Morgan fingerprint density at radius 2 is 2.00 bits per heavy atom. The Kier molecular flexibility index (Phi) is 5.30. The van der Waals surface area contributed by atoms with Gasteiger partial charge in [0, 0.05) is 11.1 Å². The summed E-state index contributed by atoms with van der Waals surface area (Å²) in [5, 5.41) is 9.57. The fourth-order valence-electron chi connectivity index (χ4n) is 2.78. The Hall–Kier alpha value is -0.620. The maximum atomic E-state index is 12.4. The Balaban J connectivity index is 2.15. The SMILES string of the molecule is CC1CCC(NS(=O)(=O)c2ccc(Cl)c(CO)c2)CC1C. The van der Waals surface area contributed by atoms with Crippen LogP contribution < -0.4 is 4.72 Å². The average molecular weight is 332 g/mol. The third-order valence-corrected chi connectivity index (χ3v) is 6.30. The van der Waals surface area contributed by atoms with E-state index in [-0.39, 0.29) is 17.5 Å². The molecule has 118 valence electrons. The number of halogens is 1. The lowest BCUT2D eigenvalue weighted by Crippen LogP contribution is -2.39. The van der Waals surface area contributed by atoms with Gasteiger partial charge in [0.15, 0.2) is 0 Å². The maximum Gasteiger partial charge on any atom is 0.240 e. The highest BCUT2D eigenvalue weighted by atomic mass is 35.5. The molecule has 3 unspecified atom stereocenters. The molecule has 1 aromatic carbocycles. The molecule has 0 aliphatic heterocycles. The lowest BCUT2D eigenvalue weighted by Gasteiger charge is -2.32. The highest BCUT2D eigenvalue weighted by molar-refractivity contribution is 7.89. The van der Waals surface area contributed by atoms with Crippen LogP contribution in [0.2, 0.25) is 5.02 Å². The van der Waals surface area contributed by atoms with Crippen molar-refractivity contribution < 1.29 is 13.5 Å². The van der Waals surface area contributed by atoms with Gasteiger partial charge >= 0.3 is 0 Å². The second-order valence-corrected chi connectivity index (χ2v) is 8.12. The summed E-state index contributed by atoms with van der Waals surface area (Å²) in [6.45, 7) is 4.10. The molecule has 4 nitrogen and oxygen atoms in total. The quantitative estimate of drug-likeness (QED) is 0.891. The van der Waals surface area contributed by atoms with E-state index in [2.05, 4.69) is 18.6 Å². The molecule has 0 saturated heterocycles. The van der Waals surface area contributed by atoms with Gasteiger partial charge in [-0.15, -0.1) is 0 Å². The Labute approximate surface area is 131 Å². The molecule has 21 heavy (non-hydrogen) atoms. The van der Waals surface area contributed by atoms with Gasteiger partial charge in [-0.3, -0.25) is 0 Å². The van der Waals surface area contributed by atoms with Crippen molar-refractivity contribution >= 4 is 21.6 Å². The average Bonchev–Trinajstić information content (AvgIpc) is 2.43. The minimum absolute atomic E-state index is 0.0190. The first-order chi connectivity index (χ1) is 9.83. The van der Waals surface area contributed by atoms with E-state index in [4.69, 9.17) is 11.6 Å². The number of hydrogen-bond donors (Lipinski definition) is 2. The van der Waals surface area contributed by atoms with Crippen molar-refractivity contribution in [1.82, 2.24) is 4.72 Å². The topological polar surface area (TPSA) is 66.4 Å². The molecule has 1 aromatic rings. The predicted molar refractivity (Wildman–Crippen MR) is 83.7 cm³/mol. The zero-order valence-corrected chi connectivity index (χ0v) is 13.9. The first-order valence-electron chi connectivity index (χ1n) is 7.25. The third kappa shape index (κ3) is 3.97. The molecule has 6 heteroatoms. The van der Waals surface area contributed by atoms with Gasteiger partial charge in [0.05, 0.1) is 11.5 Å².